The van der Waals surface area contributed by atoms with Crippen molar-refractivity contribution >= 4 is 24.2 Å². The van der Waals surface area contributed by atoms with E-state index in [-0.39, 0.29) is 18.7 Å². The topological polar surface area (TPSA) is 20.3 Å². The Hall–Kier alpha value is -1.02. The van der Waals surface area contributed by atoms with Crippen molar-refractivity contribution in [1.29, 1.82) is 0 Å². The van der Waals surface area contributed by atoms with Crippen LogP contribution in [0.4, 0.5) is 0 Å². The molecule has 0 N–H and O–H groups in total. The van der Waals surface area contributed by atoms with Crippen LogP contribution in [0.1, 0.15) is 126 Å². The Morgan fingerprint density at radius 2 is 1.14 bits per heavy atom. The van der Waals surface area contributed by atoms with E-state index in [0.717, 1.165) is 35.5 Å². The zero-order valence-electron chi connectivity index (χ0n) is 28.3. The highest BCUT2D eigenvalue weighted by atomic mass is 32.2. The number of hydrogen-bond donors (Lipinski definition) is 0. The van der Waals surface area contributed by atoms with Gasteiger partial charge in [-0.3, -0.25) is 0 Å². The molecule has 2 atom stereocenters. The summed E-state index contributed by atoms with van der Waals surface area (Å²) in [7, 11) is 0.663. The average Bonchev–Trinajstić information content (AvgIpc) is 2.91. The SMILES string of the molecule is Cc1cc(C)cc([C@H](c2ccccc2P(C23CC4CC(CC(C4)C2)C3)C23CC4CC(CC(C4)C2)C3)N(C)S(=O)C(C)(C)C)c1. The van der Waals surface area contributed by atoms with Crippen LogP contribution in [0.5, 0.6) is 0 Å². The van der Waals surface area contributed by atoms with Crippen molar-refractivity contribution < 1.29 is 4.21 Å². The maximum absolute atomic E-state index is 14.3. The van der Waals surface area contributed by atoms with Crippen LogP contribution in [0.25, 0.3) is 0 Å². The van der Waals surface area contributed by atoms with E-state index in [1.807, 2.05) is 0 Å². The summed E-state index contributed by atoms with van der Waals surface area (Å²) in [5.74, 6) is 5.83. The molecule has 8 fully saturated rings. The molecule has 238 valence electrons. The molecule has 8 bridgehead atoms. The van der Waals surface area contributed by atoms with Gasteiger partial charge in [0.1, 0.15) is 11.0 Å². The molecule has 10 rings (SSSR count). The fourth-order valence-electron chi connectivity index (χ4n) is 12.9. The molecule has 2 aromatic carbocycles. The molecule has 0 amide bonds. The van der Waals surface area contributed by atoms with E-state index in [9.17, 15) is 4.21 Å². The number of nitrogens with zero attached hydrogens (tertiary/aromatic N) is 1. The predicted molar refractivity (Wildman–Crippen MR) is 188 cm³/mol. The van der Waals surface area contributed by atoms with Crippen LogP contribution in [0.3, 0.4) is 0 Å². The van der Waals surface area contributed by atoms with Crippen LogP contribution >= 0.6 is 7.92 Å². The van der Waals surface area contributed by atoms with Gasteiger partial charge < -0.3 is 0 Å². The number of rotatable bonds is 7. The first kappa shape index (κ1) is 30.3. The van der Waals surface area contributed by atoms with Crippen molar-refractivity contribution in [2.75, 3.05) is 7.05 Å². The quantitative estimate of drug-likeness (QED) is 0.279. The van der Waals surface area contributed by atoms with E-state index in [1.165, 1.54) is 99.3 Å². The van der Waals surface area contributed by atoms with E-state index in [1.54, 1.807) is 5.30 Å². The van der Waals surface area contributed by atoms with Gasteiger partial charge in [0.15, 0.2) is 0 Å². The molecule has 0 aliphatic heterocycles. The molecule has 8 saturated carbocycles. The summed E-state index contributed by atoms with van der Waals surface area (Å²) < 4.78 is 16.2. The summed E-state index contributed by atoms with van der Waals surface area (Å²) in [6, 6.07) is 16.9. The minimum absolute atomic E-state index is 0.00215. The molecule has 0 saturated heterocycles. The molecule has 0 heterocycles. The second kappa shape index (κ2) is 10.8. The van der Waals surface area contributed by atoms with Gasteiger partial charge in [-0.15, -0.1) is 0 Å². The van der Waals surface area contributed by atoms with Crippen molar-refractivity contribution in [2.24, 2.45) is 35.5 Å². The van der Waals surface area contributed by atoms with Crippen molar-refractivity contribution in [3.63, 3.8) is 0 Å². The van der Waals surface area contributed by atoms with Crippen LogP contribution in [0.15, 0.2) is 42.5 Å². The molecular weight excluding hydrogens is 573 g/mol. The first-order valence-corrected chi connectivity index (χ1v) is 20.5. The second-order valence-electron chi connectivity index (χ2n) is 17.9. The number of benzene rings is 2. The third-order valence-electron chi connectivity index (χ3n) is 13.1. The third-order valence-corrected chi connectivity index (χ3v) is 18.8. The Morgan fingerprint density at radius 1 is 0.727 bits per heavy atom. The van der Waals surface area contributed by atoms with Gasteiger partial charge in [0.2, 0.25) is 0 Å². The van der Waals surface area contributed by atoms with E-state index >= 15 is 0 Å². The molecule has 2 nitrogen and oxygen atoms in total. The maximum atomic E-state index is 14.3. The molecular formula is C40H56NOPS. The Balaban J connectivity index is 1.33. The summed E-state index contributed by atoms with van der Waals surface area (Å²) in [6.45, 7) is 10.9. The van der Waals surface area contributed by atoms with E-state index in [2.05, 4.69) is 88.4 Å². The Labute approximate surface area is 271 Å². The molecule has 8 aliphatic carbocycles. The number of hydrogen-bond acceptors (Lipinski definition) is 1. The van der Waals surface area contributed by atoms with Gasteiger partial charge >= 0.3 is 0 Å². The highest BCUT2D eigenvalue weighted by Gasteiger charge is 2.63. The average molecular weight is 630 g/mol. The van der Waals surface area contributed by atoms with Gasteiger partial charge in [0.05, 0.1) is 10.8 Å². The summed E-state index contributed by atoms with van der Waals surface area (Å²) in [5, 5.41) is 2.75. The lowest BCUT2D eigenvalue weighted by atomic mass is 9.55. The van der Waals surface area contributed by atoms with E-state index in [4.69, 9.17) is 0 Å². The standard InChI is InChI=1S/C40H56NOPS/c1-26-11-27(2)13-34(12-26)37(41(6)44(42)38(3,4)5)35-9-7-8-10-36(35)43(39-20-28-14-29(21-39)16-30(15-28)22-39)40-23-31-17-32(24-40)19-33(18-31)25-40/h7-13,28-33,37H,14-25H2,1-6H3/t28?,29?,30?,31?,32?,33?,37-,39?,40?,43?,44?/m1/s1. The van der Waals surface area contributed by atoms with Gasteiger partial charge in [-0.25, -0.2) is 8.51 Å². The smallest absolute Gasteiger partial charge is 0.100 e. The Bertz CT molecular complexity index is 1320. The highest BCUT2D eigenvalue weighted by molar-refractivity contribution is 7.84. The molecule has 8 aliphatic rings. The molecule has 0 aromatic heterocycles. The largest absolute Gasteiger partial charge is 0.242 e. The lowest BCUT2D eigenvalue weighted by molar-refractivity contribution is 0.0195. The first-order valence-electron chi connectivity index (χ1n) is 18.0. The van der Waals surface area contributed by atoms with Gasteiger partial charge in [0.25, 0.3) is 0 Å². The third kappa shape index (κ3) is 5.04. The minimum atomic E-state index is -1.13. The van der Waals surface area contributed by atoms with Gasteiger partial charge in [-0.05, 0) is 174 Å². The summed E-state index contributed by atoms with van der Waals surface area (Å²) in [5.41, 5.74) is 5.42. The Morgan fingerprint density at radius 3 is 1.55 bits per heavy atom. The van der Waals surface area contributed by atoms with Crippen molar-refractivity contribution in [3.8, 4) is 0 Å². The van der Waals surface area contributed by atoms with Crippen molar-refractivity contribution in [3.05, 3.63) is 64.7 Å². The van der Waals surface area contributed by atoms with Gasteiger partial charge in [0, 0.05) is 7.05 Å². The molecule has 1 unspecified atom stereocenters. The molecule has 0 radical (unpaired) electrons. The summed E-state index contributed by atoms with van der Waals surface area (Å²) in [4.78, 5) is 0. The van der Waals surface area contributed by atoms with Gasteiger partial charge in [-0.2, -0.15) is 0 Å². The normalized spacial score (nSPS) is 39.2. The lowest BCUT2D eigenvalue weighted by Gasteiger charge is -2.67. The minimum Gasteiger partial charge on any atom is -0.242 e. The zero-order valence-corrected chi connectivity index (χ0v) is 30.0. The van der Waals surface area contributed by atoms with Gasteiger partial charge in [-0.1, -0.05) is 61.5 Å². The van der Waals surface area contributed by atoms with Crippen LogP contribution in [0.2, 0.25) is 0 Å². The maximum Gasteiger partial charge on any atom is 0.100 e. The summed E-state index contributed by atoms with van der Waals surface area (Å²) >= 11 is 0. The van der Waals surface area contributed by atoms with Crippen LogP contribution in [0, 0.1) is 49.4 Å². The monoisotopic (exact) mass is 629 g/mol. The van der Waals surface area contributed by atoms with Crippen LogP contribution < -0.4 is 5.30 Å². The van der Waals surface area contributed by atoms with Crippen LogP contribution in [-0.2, 0) is 11.0 Å². The summed E-state index contributed by atoms with van der Waals surface area (Å²) in [6.07, 6.45) is 18.1. The molecule has 4 heteroatoms. The molecule has 0 spiro atoms. The van der Waals surface area contributed by atoms with Crippen molar-refractivity contribution in [2.45, 2.75) is 133 Å². The fraction of sp³-hybridized carbons (Fsp3) is 0.700. The van der Waals surface area contributed by atoms with E-state index < -0.39 is 11.0 Å². The zero-order chi connectivity index (χ0) is 30.6. The predicted octanol–water partition coefficient (Wildman–Crippen LogP) is 9.83. The second-order valence-corrected chi connectivity index (χ2v) is 23.3. The Kier molecular flexibility index (Phi) is 7.41. The molecule has 44 heavy (non-hydrogen) atoms. The molecule has 2 aromatic rings. The van der Waals surface area contributed by atoms with Crippen molar-refractivity contribution in [1.82, 2.24) is 4.31 Å². The lowest BCUT2D eigenvalue weighted by Crippen LogP contribution is -2.58. The fourth-order valence-corrected chi connectivity index (χ4v) is 19.5. The van der Waals surface area contributed by atoms with E-state index in [0.29, 0.717) is 10.3 Å². The van der Waals surface area contributed by atoms with Crippen LogP contribution in [-0.4, -0.2) is 30.6 Å². The highest BCUT2D eigenvalue weighted by Crippen LogP contribution is 2.78. The number of aryl methyl sites for hydroxylation is 2. The first-order chi connectivity index (χ1) is 20.9.